The van der Waals surface area contributed by atoms with Gasteiger partial charge in [-0.05, 0) is 67.3 Å². The number of hydrogen-bond acceptors (Lipinski definition) is 4. The molecule has 0 spiro atoms. The number of carbonyl (C=O) groups excluding carboxylic acids is 1. The maximum atomic E-state index is 13.6. The van der Waals surface area contributed by atoms with E-state index in [4.69, 9.17) is 11.6 Å². The first kappa shape index (κ1) is 21.0. The predicted molar refractivity (Wildman–Crippen MR) is 109 cm³/mol. The lowest BCUT2D eigenvalue weighted by molar-refractivity contribution is 0.0975. The second-order valence-corrected chi connectivity index (χ2v) is 7.62. The molecular formula is C21H17ClF3N5O. The van der Waals surface area contributed by atoms with Crippen LogP contribution in [0.15, 0.2) is 63.5 Å². The fraction of sp³-hybridized carbons (Fsp3) is 0.238. The van der Waals surface area contributed by atoms with Crippen molar-refractivity contribution in [2.24, 2.45) is 15.2 Å². The fourth-order valence-electron chi connectivity index (χ4n) is 3.05. The molecule has 1 amide bonds. The molecule has 1 unspecified atom stereocenters. The Hall–Kier alpha value is -3.20. The van der Waals surface area contributed by atoms with E-state index in [1.54, 1.807) is 12.1 Å². The van der Waals surface area contributed by atoms with Crippen molar-refractivity contribution in [2.75, 3.05) is 0 Å². The Kier molecular flexibility index (Phi) is 6.03. The molecule has 6 nitrogen and oxygen atoms in total. The normalized spacial score (nSPS) is 18.5. The minimum absolute atomic E-state index is 0.0320. The van der Waals surface area contributed by atoms with Crippen LogP contribution in [-0.2, 0) is 0 Å². The highest BCUT2D eigenvalue weighted by Gasteiger charge is 2.22. The minimum Gasteiger partial charge on any atom is -0.309 e. The smallest absolute Gasteiger partial charge is 0.258 e. The number of halogens is 4. The lowest BCUT2D eigenvalue weighted by Crippen LogP contribution is -2.41. The quantitative estimate of drug-likeness (QED) is 0.509. The number of aliphatic imine (C=N–C) groups is 1. The topological polar surface area (TPSA) is 78.2 Å². The van der Waals surface area contributed by atoms with Crippen molar-refractivity contribution in [3.8, 4) is 0 Å². The summed E-state index contributed by atoms with van der Waals surface area (Å²) >= 11 is 5.90. The Bertz CT molecular complexity index is 1090. The number of azo groups is 1. The number of rotatable bonds is 4. The van der Waals surface area contributed by atoms with Crippen LogP contribution in [0.3, 0.4) is 0 Å². The molecular weight excluding hydrogens is 431 g/mol. The minimum atomic E-state index is -1.12. The van der Waals surface area contributed by atoms with E-state index in [0.29, 0.717) is 11.4 Å². The molecule has 1 saturated carbocycles. The molecule has 0 radical (unpaired) electrons. The first-order chi connectivity index (χ1) is 14.9. The van der Waals surface area contributed by atoms with Crippen molar-refractivity contribution < 1.29 is 18.0 Å². The Balaban J connectivity index is 1.51. The summed E-state index contributed by atoms with van der Waals surface area (Å²) in [7, 11) is 0. The van der Waals surface area contributed by atoms with Crippen molar-refractivity contribution in [1.82, 2.24) is 10.6 Å². The molecule has 1 aliphatic carbocycles. The van der Waals surface area contributed by atoms with E-state index in [-0.39, 0.29) is 22.6 Å². The molecule has 4 rings (SSSR count). The van der Waals surface area contributed by atoms with E-state index < -0.39 is 29.4 Å². The van der Waals surface area contributed by atoms with Crippen molar-refractivity contribution in [3.05, 3.63) is 81.9 Å². The van der Waals surface area contributed by atoms with Gasteiger partial charge in [0.25, 0.3) is 5.91 Å². The average molecular weight is 448 g/mol. The molecule has 0 aromatic heterocycles. The van der Waals surface area contributed by atoms with Gasteiger partial charge in [-0.3, -0.25) is 10.1 Å². The summed E-state index contributed by atoms with van der Waals surface area (Å²) in [4.78, 5) is 16.9. The van der Waals surface area contributed by atoms with Crippen LogP contribution in [0.5, 0.6) is 0 Å². The van der Waals surface area contributed by atoms with Crippen LogP contribution in [0.2, 0.25) is 5.02 Å². The van der Waals surface area contributed by atoms with Crippen molar-refractivity contribution in [3.63, 3.8) is 0 Å². The lowest BCUT2D eigenvalue weighted by Gasteiger charge is -2.22. The van der Waals surface area contributed by atoms with Gasteiger partial charge in [0.2, 0.25) is 5.96 Å². The van der Waals surface area contributed by atoms with E-state index in [9.17, 15) is 18.0 Å². The van der Waals surface area contributed by atoms with Gasteiger partial charge in [0.1, 0.15) is 11.9 Å². The van der Waals surface area contributed by atoms with E-state index in [0.717, 1.165) is 31.4 Å². The second-order valence-electron chi connectivity index (χ2n) is 7.19. The van der Waals surface area contributed by atoms with Gasteiger partial charge in [-0.25, -0.2) is 18.2 Å². The summed E-state index contributed by atoms with van der Waals surface area (Å²) < 4.78 is 40.2. The summed E-state index contributed by atoms with van der Waals surface area (Å²) in [6.07, 6.45) is 4.41. The molecule has 2 aliphatic rings. The van der Waals surface area contributed by atoms with Crippen LogP contribution >= 0.6 is 11.6 Å². The van der Waals surface area contributed by atoms with Gasteiger partial charge in [0.15, 0.2) is 17.5 Å². The zero-order valence-corrected chi connectivity index (χ0v) is 16.8. The number of amides is 1. The van der Waals surface area contributed by atoms with Crippen LogP contribution in [-0.4, -0.2) is 17.9 Å². The van der Waals surface area contributed by atoms with Gasteiger partial charge in [0.05, 0.1) is 6.04 Å². The number of carbonyl (C=O) groups is 1. The summed E-state index contributed by atoms with van der Waals surface area (Å²) in [5.41, 5.74) is 0.463. The van der Waals surface area contributed by atoms with Crippen LogP contribution in [0.1, 0.15) is 41.2 Å². The molecule has 160 valence electrons. The molecule has 1 atom stereocenters. The molecule has 2 aromatic carbocycles. The summed E-state index contributed by atoms with van der Waals surface area (Å²) in [6.45, 7) is 0. The average Bonchev–Trinajstić information content (AvgIpc) is 3.14. The summed E-state index contributed by atoms with van der Waals surface area (Å²) in [5, 5.41) is 13.8. The second kappa shape index (κ2) is 8.89. The molecule has 1 heterocycles. The van der Waals surface area contributed by atoms with Gasteiger partial charge in [-0.2, -0.15) is 5.11 Å². The fourth-order valence-corrected chi connectivity index (χ4v) is 3.28. The maximum absolute atomic E-state index is 13.6. The van der Waals surface area contributed by atoms with E-state index in [1.165, 1.54) is 18.2 Å². The van der Waals surface area contributed by atoms with Crippen LogP contribution in [0, 0.1) is 17.5 Å². The molecule has 0 bridgehead atoms. The highest BCUT2D eigenvalue weighted by Crippen LogP contribution is 2.29. The number of benzene rings is 2. The molecule has 10 heteroatoms. The lowest BCUT2D eigenvalue weighted by atomic mass is 9.94. The monoisotopic (exact) mass is 447 g/mol. The van der Waals surface area contributed by atoms with Gasteiger partial charge in [-0.1, -0.05) is 11.6 Å². The largest absolute Gasteiger partial charge is 0.309 e. The molecule has 0 saturated heterocycles. The maximum Gasteiger partial charge on any atom is 0.258 e. The summed E-state index contributed by atoms with van der Waals surface area (Å²) in [6, 6.07) is 6.43. The van der Waals surface area contributed by atoms with Crippen LogP contribution in [0.25, 0.3) is 0 Å². The predicted octanol–water partition coefficient (Wildman–Crippen LogP) is 5.03. The van der Waals surface area contributed by atoms with E-state index in [1.807, 2.05) is 0 Å². The SMILES string of the molecule is O=C(NC(=NC1CCC1)NC1=CC(c2cc(F)cc(Cl)c2)N=N1)c1ccc(F)c(F)c1. The molecule has 2 N–H and O–H groups in total. The number of nitrogens with one attached hydrogen (secondary N) is 2. The van der Waals surface area contributed by atoms with Crippen LogP contribution < -0.4 is 10.6 Å². The first-order valence-corrected chi connectivity index (χ1v) is 9.95. The third kappa shape index (κ3) is 5.11. The first-order valence-electron chi connectivity index (χ1n) is 9.57. The Morgan fingerprint density at radius 1 is 1.10 bits per heavy atom. The van der Waals surface area contributed by atoms with Crippen LogP contribution in [0.4, 0.5) is 13.2 Å². The Morgan fingerprint density at radius 2 is 1.90 bits per heavy atom. The van der Waals surface area contributed by atoms with Gasteiger partial charge >= 0.3 is 0 Å². The highest BCUT2D eigenvalue weighted by molar-refractivity contribution is 6.30. The Morgan fingerprint density at radius 3 is 2.58 bits per heavy atom. The van der Waals surface area contributed by atoms with Crippen molar-refractivity contribution in [2.45, 2.75) is 31.3 Å². The highest BCUT2D eigenvalue weighted by atomic mass is 35.5. The number of nitrogens with zero attached hydrogens (tertiary/aromatic N) is 3. The third-order valence-electron chi connectivity index (χ3n) is 4.88. The standard InChI is InChI=1S/C21H17ClF3N5O/c22-13-6-12(7-14(23)9-13)18-10-19(30-29-18)27-21(26-15-2-1-3-15)28-20(31)11-4-5-16(24)17(25)8-11/h4-10,15,18H,1-3H2,(H2,26,27,28,31). The van der Waals surface area contributed by atoms with Gasteiger partial charge in [0, 0.05) is 10.6 Å². The molecule has 1 fully saturated rings. The molecule has 1 aliphatic heterocycles. The van der Waals surface area contributed by atoms with Crippen molar-refractivity contribution in [1.29, 1.82) is 0 Å². The zero-order valence-electron chi connectivity index (χ0n) is 16.1. The van der Waals surface area contributed by atoms with Crippen molar-refractivity contribution >= 4 is 23.5 Å². The van der Waals surface area contributed by atoms with E-state index in [2.05, 4.69) is 25.9 Å². The molecule has 2 aromatic rings. The number of guanidine groups is 1. The third-order valence-corrected chi connectivity index (χ3v) is 5.10. The Labute approximate surface area is 180 Å². The van der Waals surface area contributed by atoms with Gasteiger partial charge < -0.3 is 5.32 Å². The zero-order chi connectivity index (χ0) is 22.0. The number of hydrogen-bond donors (Lipinski definition) is 2. The summed E-state index contributed by atoms with van der Waals surface area (Å²) in [5.74, 6) is -2.90. The van der Waals surface area contributed by atoms with Gasteiger partial charge in [-0.15, -0.1) is 5.11 Å². The van der Waals surface area contributed by atoms with E-state index >= 15 is 0 Å². The molecule has 31 heavy (non-hydrogen) atoms.